The average Bonchev–Trinajstić information content (AvgIpc) is 2.95. The topological polar surface area (TPSA) is 138 Å². The first-order valence-electron chi connectivity index (χ1n) is 8.21. The second kappa shape index (κ2) is 6.34. The Bertz CT molecular complexity index is 1110. The lowest BCUT2D eigenvalue weighted by Gasteiger charge is -2.18. The van der Waals surface area contributed by atoms with Crippen molar-refractivity contribution in [2.45, 2.75) is 25.9 Å². The Labute approximate surface area is 151 Å². The number of hydrogen-bond donors (Lipinski definition) is 2. The van der Waals surface area contributed by atoms with Gasteiger partial charge in [-0.2, -0.15) is 9.97 Å². The van der Waals surface area contributed by atoms with Crippen LogP contribution in [-0.4, -0.2) is 43.1 Å². The number of aromatic nitrogens is 5. The summed E-state index contributed by atoms with van der Waals surface area (Å²) in [5.41, 5.74) is 4.72. The number of primary amides is 1. The van der Waals surface area contributed by atoms with Crippen LogP contribution < -0.4 is 20.9 Å². The molecule has 3 aromatic heterocycles. The number of carbonyl (C=O) groups excluding carboxylic acids is 1. The number of aromatic amines is 1. The molecule has 0 unspecified atom stereocenters. The van der Waals surface area contributed by atoms with Crippen LogP contribution in [0.15, 0.2) is 17.2 Å². The summed E-state index contributed by atoms with van der Waals surface area (Å²) < 4.78 is 27.0. The molecule has 4 rings (SSSR count). The Morgan fingerprint density at radius 2 is 2.22 bits per heavy atom. The van der Waals surface area contributed by atoms with E-state index in [-0.39, 0.29) is 40.4 Å². The standard InChI is InChI=1S/C16H15FN6O4/c1-7-3-2-4-26-15-10-12(19-6-20-15)21-16(25)23(10)13-9(17)5-8(11(18)24)14(22-13)27-7/h5-7H,2-4H2,1H3,(H2,18,24)(H,19,20,21,25)/t7-/m1/s1. The van der Waals surface area contributed by atoms with Crippen molar-refractivity contribution < 1.29 is 18.7 Å². The van der Waals surface area contributed by atoms with Gasteiger partial charge in [-0.1, -0.05) is 0 Å². The fourth-order valence-electron chi connectivity index (χ4n) is 2.90. The predicted octanol–water partition coefficient (Wildman–Crippen LogP) is 0.682. The molecule has 140 valence electrons. The van der Waals surface area contributed by atoms with Gasteiger partial charge in [0.25, 0.3) is 5.91 Å². The highest BCUT2D eigenvalue weighted by Gasteiger charge is 2.25. The van der Waals surface area contributed by atoms with Crippen molar-refractivity contribution in [3.8, 4) is 17.6 Å². The van der Waals surface area contributed by atoms with Crippen molar-refractivity contribution in [1.82, 2.24) is 24.5 Å². The zero-order valence-electron chi connectivity index (χ0n) is 14.2. The van der Waals surface area contributed by atoms with Crippen molar-refractivity contribution in [3.05, 3.63) is 34.3 Å². The Kier molecular flexibility index (Phi) is 3.98. The minimum absolute atomic E-state index is 0.120. The molecule has 2 bridgehead atoms. The number of hydrogen-bond acceptors (Lipinski definition) is 7. The number of nitrogens with two attached hydrogens (primary N) is 1. The molecule has 0 spiro atoms. The van der Waals surface area contributed by atoms with E-state index in [2.05, 4.69) is 19.9 Å². The van der Waals surface area contributed by atoms with Crippen molar-refractivity contribution in [3.63, 3.8) is 0 Å². The van der Waals surface area contributed by atoms with Gasteiger partial charge in [0.1, 0.15) is 11.9 Å². The van der Waals surface area contributed by atoms with E-state index in [0.29, 0.717) is 19.4 Å². The van der Waals surface area contributed by atoms with Crippen LogP contribution in [-0.2, 0) is 0 Å². The normalized spacial score (nSPS) is 16.7. The van der Waals surface area contributed by atoms with E-state index in [0.717, 1.165) is 10.6 Å². The number of nitrogens with zero attached hydrogens (tertiary/aromatic N) is 4. The fourth-order valence-corrected chi connectivity index (χ4v) is 2.90. The summed E-state index contributed by atoms with van der Waals surface area (Å²) in [6, 6.07) is 0.897. The molecule has 10 nitrogen and oxygen atoms in total. The Balaban J connectivity index is 2.06. The molecule has 0 saturated carbocycles. The van der Waals surface area contributed by atoms with Gasteiger partial charge in [-0.15, -0.1) is 0 Å². The lowest BCUT2D eigenvalue weighted by atomic mass is 10.2. The number of imidazole rings is 1. The molecular formula is C16H15FN6O4. The van der Waals surface area contributed by atoms with Gasteiger partial charge in [-0.3, -0.25) is 9.78 Å². The van der Waals surface area contributed by atoms with Crippen LogP contribution >= 0.6 is 0 Å². The molecule has 11 heteroatoms. The van der Waals surface area contributed by atoms with E-state index in [4.69, 9.17) is 15.2 Å². The first kappa shape index (κ1) is 16.9. The number of fused-ring (bicyclic) bond motifs is 3. The van der Waals surface area contributed by atoms with Gasteiger partial charge in [0.2, 0.25) is 11.8 Å². The molecule has 1 aliphatic heterocycles. The van der Waals surface area contributed by atoms with Crippen LogP contribution in [0.1, 0.15) is 30.1 Å². The molecule has 0 saturated heterocycles. The van der Waals surface area contributed by atoms with Crippen LogP contribution in [0.2, 0.25) is 0 Å². The first-order valence-corrected chi connectivity index (χ1v) is 8.21. The summed E-state index contributed by atoms with van der Waals surface area (Å²) in [5, 5.41) is 0. The number of amides is 1. The SMILES string of the molecule is C[C@@H]1CCCOc2ncnc3[nH]c(=O)n(c23)-c2nc(c(C(N)=O)cc2F)O1. The third-order valence-corrected chi connectivity index (χ3v) is 4.15. The van der Waals surface area contributed by atoms with Crippen LogP contribution in [0.3, 0.4) is 0 Å². The summed E-state index contributed by atoms with van der Waals surface area (Å²) in [5.74, 6) is -2.22. The molecule has 1 amide bonds. The summed E-state index contributed by atoms with van der Waals surface area (Å²) in [6.07, 6.45) is 2.09. The van der Waals surface area contributed by atoms with E-state index in [1.165, 1.54) is 6.33 Å². The molecule has 27 heavy (non-hydrogen) atoms. The molecular weight excluding hydrogens is 359 g/mol. The van der Waals surface area contributed by atoms with E-state index < -0.39 is 17.4 Å². The average molecular weight is 374 g/mol. The fraction of sp³-hybridized carbons (Fsp3) is 0.312. The smallest absolute Gasteiger partial charge is 0.333 e. The van der Waals surface area contributed by atoms with Crippen LogP contribution in [0.4, 0.5) is 4.39 Å². The number of halogens is 1. The zero-order valence-corrected chi connectivity index (χ0v) is 14.2. The van der Waals surface area contributed by atoms with Gasteiger partial charge in [-0.05, 0) is 25.8 Å². The Morgan fingerprint density at radius 1 is 1.41 bits per heavy atom. The Morgan fingerprint density at radius 3 is 3.00 bits per heavy atom. The van der Waals surface area contributed by atoms with Gasteiger partial charge in [0, 0.05) is 0 Å². The minimum Gasteiger partial charge on any atom is -0.476 e. The van der Waals surface area contributed by atoms with Gasteiger partial charge < -0.3 is 15.2 Å². The van der Waals surface area contributed by atoms with E-state index in [1.54, 1.807) is 6.92 Å². The lowest BCUT2D eigenvalue weighted by Crippen LogP contribution is -2.23. The first-order chi connectivity index (χ1) is 13.0. The van der Waals surface area contributed by atoms with Crippen LogP contribution in [0.5, 0.6) is 11.8 Å². The molecule has 0 aromatic carbocycles. The maximum Gasteiger partial charge on any atom is 0.333 e. The van der Waals surface area contributed by atoms with Crippen LogP contribution in [0.25, 0.3) is 17.0 Å². The molecule has 0 aliphatic carbocycles. The summed E-state index contributed by atoms with van der Waals surface area (Å²) in [7, 11) is 0. The maximum absolute atomic E-state index is 14.7. The van der Waals surface area contributed by atoms with Gasteiger partial charge in [0.05, 0.1) is 12.7 Å². The molecule has 3 N–H and O–H groups in total. The molecule has 0 fully saturated rings. The maximum atomic E-state index is 14.7. The highest BCUT2D eigenvalue weighted by atomic mass is 19.1. The summed E-state index contributed by atoms with van der Waals surface area (Å²) in [4.78, 5) is 38.7. The number of H-pyrrole nitrogens is 1. The number of pyridine rings is 1. The van der Waals surface area contributed by atoms with Crippen molar-refractivity contribution in [2.75, 3.05) is 6.61 Å². The second-order valence-corrected chi connectivity index (χ2v) is 6.07. The third-order valence-electron chi connectivity index (χ3n) is 4.15. The highest BCUT2D eigenvalue weighted by molar-refractivity contribution is 5.95. The summed E-state index contributed by atoms with van der Waals surface area (Å²) >= 11 is 0. The molecule has 0 radical (unpaired) electrons. The second-order valence-electron chi connectivity index (χ2n) is 6.07. The largest absolute Gasteiger partial charge is 0.476 e. The lowest BCUT2D eigenvalue weighted by molar-refractivity contribution is 0.0990. The highest BCUT2D eigenvalue weighted by Crippen LogP contribution is 2.27. The molecule has 3 aromatic rings. The molecule has 1 aliphatic rings. The van der Waals surface area contributed by atoms with Gasteiger partial charge in [-0.25, -0.2) is 18.7 Å². The van der Waals surface area contributed by atoms with Gasteiger partial charge >= 0.3 is 5.69 Å². The molecule has 4 heterocycles. The quantitative estimate of drug-likeness (QED) is 0.639. The predicted molar refractivity (Wildman–Crippen MR) is 90.6 cm³/mol. The van der Waals surface area contributed by atoms with Gasteiger partial charge in [0.15, 0.2) is 22.8 Å². The van der Waals surface area contributed by atoms with Crippen molar-refractivity contribution in [2.24, 2.45) is 5.73 Å². The van der Waals surface area contributed by atoms with E-state index in [9.17, 15) is 14.0 Å². The van der Waals surface area contributed by atoms with Crippen molar-refractivity contribution in [1.29, 1.82) is 0 Å². The van der Waals surface area contributed by atoms with E-state index >= 15 is 0 Å². The zero-order chi connectivity index (χ0) is 19.1. The number of carbonyl (C=O) groups is 1. The number of ether oxygens (including phenoxy) is 2. The number of nitrogens with one attached hydrogen (secondary N) is 1. The summed E-state index contributed by atoms with van der Waals surface area (Å²) in [6.45, 7) is 2.07. The van der Waals surface area contributed by atoms with Crippen LogP contribution in [0, 0.1) is 5.82 Å². The molecule has 1 atom stereocenters. The Hall–Kier alpha value is -3.50. The number of rotatable bonds is 1. The minimum atomic E-state index is -0.932. The monoisotopic (exact) mass is 374 g/mol. The van der Waals surface area contributed by atoms with Crippen molar-refractivity contribution >= 4 is 17.1 Å². The third kappa shape index (κ3) is 2.86. The van der Waals surface area contributed by atoms with E-state index in [1.807, 2.05) is 0 Å².